The zero-order valence-electron chi connectivity index (χ0n) is 15.5. The Hall–Kier alpha value is -2.56. The quantitative estimate of drug-likeness (QED) is 0.440. The van der Waals surface area contributed by atoms with Gasteiger partial charge in [0.05, 0.1) is 0 Å². The number of aromatic nitrogens is 1. The average molecular weight is 339 g/mol. The number of pyridine rings is 1. The molecule has 1 aromatic carbocycles. The number of hydrogen-bond donors (Lipinski definition) is 2. The predicted molar refractivity (Wildman–Crippen MR) is 106 cm³/mol. The molecule has 0 radical (unpaired) electrons. The molecule has 5 nitrogen and oxygen atoms in total. The summed E-state index contributed by atoms with van der Waals surface area (Å²) in [5.41, 5.74) is 2.57. The minimum atomic E-state index is 0.848. The number of guanidine groups is 1. The summed E-state index contributed by atoms with van der Waals surface area (Å²) >= 11 is 0. The smallest absolute Gasteiger partial charge is 0.193 e. The van der Waals surface area contributed by atoms with Crippen molar-refractivity contribution in [1.29, 1.82) is 0 Å². The van der Waals surface area contributed by atoms with Crippen molar-refractivity contribution in [2.75, 3.05) is 32.5 Å². The Balaban J connectivity index is 1.65. The van der Waals surface area contributed by atoms with E-state index >= 15 is 0 Å². The highest BCUT2D eigenvalue weighted by Crippen LogP contribution is 2.06. The Bertz CT molecular complexity index is 637. The number of aryl methyl sites for hydroxylation is 1. The topological polar surface area (TPSA) is 52.6 Å². The number of nitrogens with zero attached hydrogens (tertiary/aromatic N) is 3. The van der Waals surface area contributed by atoms with Crippen LogP contribution in [-0.2, 0) is 6.54 Å². The standard InChI is InChI=1S/C20H29N5/c1-17-9-11-18(12-10-17)16-25(3)20(21-2)24-15-7-6-14-23-19-8-4-5-13-22-19/h4-5,8-13H,6-7,14-16H2,1-3H3,(H,21,24)(H,22,23). The molecule has 1 aromatic heterocycles. The Morgan fingerprint density at radius 2 is 1.84 bits per heavy atom. The number of rotatable bonds is 8. The molecule has 0 fully saturated rings. The van der Waals surface area contributed by atoms with Gasteiger partial charge in [0, 0.05) is 39.9 Å². The Labute approximate surface area is 151 Å². The van der Waals surface area contributed by atoms with Crippen LogP contribution in [0.25, 0.3) is 0 Å². The average Bonchev–Trinajstić information content (AvgIpc) is 2.64. The normalized spacial score (nSPS) is 11.2. The lowest BCUT2D eigenvalue weighted by Crippen LogP contribution is -2.38. The van der Waals surface area contributed by atoms with Crippen molar-refractivity contribution in [3.8, 4) is 0 Å². The second-order valence-electron chi connectivity index (χ2n) is 6.16. The summed E-state index contributed by atoms with van der Waals surface area (Å²) in [6.45, 7) is 4.79. The number of hydrogen-bond acceptors (Lipinski definition) is 3. The third kappa shape index (κ3) is 6.83. The van der Waals surface area contributed by atoms with E-state index in [1.165, 1.54) is 11.1 Å². The first-order chi connectivity index (χ1) is 12.2. The van der Waals surface area contributed by atoms with E-state index in [-0.39, 0.29) is 0 Å². The molecule has 0 aliphatic carbocycles. The molecule has 0 saturated carbocycles. The molecule has 25 heavy (non-hydrogen) atoms. The van der Waals surface area contributed by atoms with Crippen LogP contribution in [0.4, 0.5) is 5.82 Å². The molecule has 1 heterocycles. The van der Waals surface area contributed by atoms with E-state index in [1.54, 1.807) is 6.20 Å². The maximum absolute atomic E-state index is 4.37. The zero-order chi connectivity index (χ0) is 17.9. The van der Waals surface area contributed by atoms with Crippen LogP contribution in [0.15, 0.2) is 53.7 Å². The van der Waals surface area contributed by atoms with Gasteiger partial charge in [-0.25, -0.2) is 4.98 Å². The summed E-state index contributed by atoms with van der Waals surface area (Å²) in [4.78, 5) is 10.8. The van der Waals surface area contributed by atoms with Gasteiger partial charge in [-0.15, -0.1) is 0 Å². The molecule has 2 N–H and O–H groups in total. The highest BCUT2D eigenvalue weighted by atomic mass is 15.3. The van der Waals surface area contributed by atoms with Crippen molar-refractivity contribution in [3.63, 3.8) is 0 Å². The van der Waals surface area contributed by atoms with Crippen molar-refractivity contribution < 1.29 is 0 Å². The fourth-order valence-corrected chi connectivity index (χ4v) is 2.56. The maximum Gasteiger partial charge on any atom is 0.193 e. The monoisotopic (exact) mass is 339 g/mol. The second kappa shape index (κ2) is 10.3. The van der Waals surface area contributed by atoms with Crippen molar-refractivity contribution in [1.82, 2.24) is 15.2 Å². The number of anilines is 1. The van der Waals surface area contributed by atoms with E-state index in [4.69, 9.17) is 0 Å². The van der Waals surface area contributed by atoms with Gasteiger partial charge in [0.2, 0.25) is 0 Å². The Morgan fingerprint density at radius 3 is 2.52 bits per heavy atom. The molecule has 0 unspecified atom stereocenters. The summed E-state index contributed by atoms with van der Waals surface area (Å²) in [7, 11) is 3.90. The van der Waals surface area contributed by atoms with Crippen LogP contribution < -0.4 is 10.6 Å². The minimum Gasteiger partial charge on any atom is -0.370 e. The number of aliphatic imine (C=N–C) groups is 1. The van der Waals surface area contributed by atoms with E-state index in [0.29, 0.717) is 0 Å². The van der Waals surface area contributed by atoms with Crippen LogP contribution >= 0.6 is 0 Å². The Kier molecular flexibility index (Phi) is 7.76. The van der Waals surface area contributed by atoms with Crippen molar-refractivity contribution in [2.24, 2.45) is 4.99 Å². The van der Waals surface area contributed by atoms with Crippen LogP contribution in [0.2, 0.25) is 0 Å². The van der Waals surface area contributed by atoms with Gasteiger partial charge < -0.3 is 15.5 Å². The molecular weight excluding hydrogens is 310 g/mol. The molecule has 0 atom stereocenters. The summed E-state index contributed by atoms with van der Waals surface area (Å²) in [5.74, 6) is 1.86. The molecule has 0 bridgehead atoms. The van der Waals surface area contributed by atoms with Crippen molar-refractivity contribution in [3.05, 3.63) is 59.8 Å². The summed E-state index contributed by atoms with van der Waals surface area (Å²) in [6, 6.07) is 14.5. The molecule has 0 aliphatic heterocycles. The molecule has 0 aliphatic rings. The fourth-order valence-electron chi connectivity index (χ4n) is 2.56. The van der Waals surface area contributed by atoms with Gasteiger partial charge in [-0.2, -0.15) is 0 Å². The van der Waals surface area contributed by atoms with E-state index in [0.717, 1.165) is 44.3 Å². The third-order valence-electron chi connectivity index (χ3n) is 3.97. The van der Waals surface area contributed by atoms with Gasteiger partial charge in [0.1, 0.15) is 5.82 Å². The van der Waals surface area contributed by atoms with Gasteiger partial charge in [0.25, 0.3) is 0 Å². The lowest BCUT2D eigenvalue weighted by molar-refractivity contribution is 0.475. The summed E-state index contributed by atoms with van der Waals surface area (Å²) in [5, 5.41) is 6.76. The minimum absolute atomic E-state index is 0.848. The van der Waals surface area contributed by atoms with Crippen LogP contribution in [-0.4, -0.2) is 43.0 Å². The summed E-state index contributed by atoms with van der Waals surface area (Å²) in [6.07, 6.45) is 3.97. The third-order valence-corrected chi connectivity index (χ3v) is 3.97. The SMILES string of the molecule is CN=C(NCCCCNc1ccccn1)N(C)Cc1ccc(C)cc1. The molecule has 0 amide bonds. The second-order valence-corrected chi connectivity index (χ2v) is 6.16. The van der Waals surface area contributed by atoms with Crippen molar-refractivity contribution in [2.45, 2.75) is 26.3 Å². The first kappa shape index (κ1) is 18.8. The number of unbranched alkanes of at least 4 members (excludes halogenated alkanes) is 1. The lowest BCUT2D eigenvalue weighted by atomic mass is 10.1. The van der Waals surface area contributed by atoms with Crippen LogP contribution in [0.3, 0.4) is 0 Å². The predicted octanol–water partition coefficient (Wildman–Crippen LogP) is 3.29. The van der Waals surface area contributed by atoms with Crippen LogP contribution in [0, 0.1) is 6.92 Å². The molecule has 0 saturated heterocycles. The largest absolute Gasteiger partial charge is 0.370 e. The van der Waals surface area contributed by atoms with Gasteiger partial charge in [-0.3, -0.25) is 4.99 Å². The van der Waals surface area contributed by atoms with Gasteiger partial charge in [-0.1, -0.05) is 35.9 Å². The first-order valence-corrected chi connectivity index (χ1v) is 8.81. The number of benzene rings is 1. The first-order valence-electron chi connectivity index (χ1n) is 8.81. The maximum atomic E-state index is 4.37. The van der Waals surface area contributed by atoms with Crippen molar-refractivity contribution >= 4 is 11.8 Å². The summed E-state index contributed by atoms with van der Waals surface area (Å²) < 4.78 is 0. The van der Waals surface area contributed by atoms with E-state index in [9.17, 15) is 0 Å². The zero-order valence-corrected chi connectivity index (χ0v) is 15.5. The highest BCUT2D eigenvalue weighted by molar-refractivity contribution is 5.79. The molecule has 2 aromatic rings. The molecule has 5 heteroatoms. The molecule has 134 valence electrons. The van der Waals surface area contributed by atoms with Gasteiger partial charge >= 0.3 is 0 Å². The van der Waals surface area contributed by atoms with Gasteiger partial charge in [0.15, 0.2) is 5.96 Å². The lowest BCUT2D eigenvalue weighted by Gasteiger charge is -2.22. The Morgan fingerprint density at radius 1 is 1.08 bits per heavy atom. The molecule has 2 rings (SSSR count). The van der Waals surface area contributed by atoms with E-state index in [2.05, 4.69) is 63.7 Å². The fraction of sp³-hybridized carbons (Fsp3) is 0.400. The van der Waals surface area contributed by atoms with Crippen LogP contribution in [0.5, 0.6) is 0 Å². The van der Waals surface area contributed by atoms with E-state index < -0.39 is 0 Å². The number of nitrogens with one attached hydrogen (secondary N) is 2. The van der Waals surface area contributed by atoms with E-state index in [1.807, 2.05) is 25.2 Å². The molecular formula is C20H29N5. The van der Waals surface area contributed by atoms with Crippen LogP contribution in [0.1, 0.15) is 24.0 Å². The molecule has 0 spiro atoms. The highest BCUT2D eigenvalue weighted by Gasteiger charge is 2.06. The van der Waals surface area contributed by atoms with Gasteiger partial charge in [-0.05, 0) is 37.5 Å².